The second-order valence-electron chi connectivity index (χ2n) is 8.91. The van der Waals surface area contributed by atoms with E-state index in [9.17, 15) is 19.7 Å². The molecule has 0 spiro atoms. The van der Waals surface area contributed by atoms with Crippen molar-refractivity contribution in [1.82, 2.24) is 9.55 Å². The summed E-state index contributed by atoms with van der Waals surface area (Å²) in [7, 11) is 0. The number of hydrogen-bond donors (Lipinski definition) is 0. The Hall–Kier alpha value is -3.82. The van der Waals surface area contributed by atoms with Crippen LogP contribution in [-0.2, 0) is 25.6 Å². The summed E-state index contributed by atoms with van der Waals surface area (Å²) in [5, 5.41) is 11.5. The van der Waals surface area contributed by atoms with E-state index in [2.05, 4.69) is 9.98 Å². The van der Waals surface area contributed by atoms with Crippen LogP contribution in [0.5, 0.6) is 0 Å². The number of carbonyl (C=O) groups is 2. The molecule has 0 aliphatic carbocycles. The highest BCUT2D eigenvalue weighted by Gasteiger charge is 2.44. The van der Waals surface area contributed by atoms with Crippen LogP contribution in [0.2, 0.25) is 0 Å². The maximum Gasteiger partial charge on any atom is 0.336 e. The number of aliphatic imine (C=N–C) groups is 1. The van der Waals surface area contributed by atoms with Gasteiger partial charge in [0.25, 0.3) is 5.69 Å². The summed E-state index contributed by atoms with van der Waals surface area (Å²) < 4.78 is 12.7. The summed E-state index contributed by atoms with van der Waals surface area (Å²) in [5.41, 5.74) is 0.484. The molecule has 1 aliphatic heterocycles. The lowest BCUT2D eigenvalue weighted by Crippen LogP contribution is -2.40. The SMILES string of the molecule is CCOC(=O)C1=C(Cn2ccnc2)N=C(C)C(C(=O)OC(C)(C)C)C1c1cccc([N+](=O)[O-])c1. The van der Waals surface area contributed by atoms with Crippen LogP contribution in [0.25, 0.3) is 0 Å². The number of esters is 2. The van der Waals surface area contributed by atoms with E-state index in [0.717, 1.165) is 0 Å². The van der Waals surface area contributed by atoms with Crippen molar-refractivity contribution in [3.63, 3.8) is 0 Å². The lowest BCUT2D eigenvalue weighted by Gasteiger charge is -2.34. The van der Waals surface area contributed by atoms with Crippen molar-refractivity contribution < 1.29 is 24.0 Å². The number of aromatic nitrogens is 2. The van der Waals surface area contributed by atoms with E-state index in [0.29, 0.717) is 17.0 Å². The predicted octanol–water partition coefficient (Wildman–Crippen LogP) is 3.82. The number of hydrogen-bond acceptors (Lipinski definition) is 8. The Morgan fingerprint density at radius 3 is 2.59 bits per heavy atom. The summed E-state index contributed by atoms with van der Waals surface area (Å²) in [5.74, 6) is -3.07. The van der Waals surface area contributed by atoms with Crippen molar-refractivity contribution in [3.8, 4) is 0 Å². The zero-order chi connectivity index (χ0) is 25.0. The third-order valence-corrected chi connectivity index (χ3v) is 5.20. The number of imidazole rings is 1. The largest absolute Gasteiger partial charge is 0.463 e. The molecule has 2 unspecified atom stereocenters. The minimum atomic E-state index is -0.966. The quantitative estimate of drug-likeness (QED) is 0.343. The van der Waals surface area contributed by atoms with E-state index in [4.69, 9.17) is 9.47 Å². The number of nitrogens with zero attached hydrogens (tertiary/aromatic N) is 4. The predicted molar refractivity (Wildman–Crippen MR) is 124 cm³/mol. The highest BCUT2D eigenvalue weighted by atomic mass is 16.6. The molecule has 2 aromatic rings. The van der Waals surface area contributed by atoms with Gasteiger partial charge < -0.3 is 14.0 Å². The van der Waals surface area contributed by atoms with E-state index >= 15 is 0 Å². The van der Waals surface area contributed by atoms with Crippen molar-refractivity contribution in [1.29, 1.82) is 0 Å². The van der Waals surface area contributed by atoms with Gasteiger partial charge in [0.2, 0.25) is 0 Å². The molecule has 2 atom stereocenters. The normalized spacial score (nSPS) is 18.3. The van der Waals surface area contributed by atoms with Crippen LogP contribution in [0.3, 0.4) is 0 Å². The first-order valence-electron chi connectivity index (χ1n) is 10.9. The van der Waals surface area contributed by atoms with Crippen molar-refractivity contribution in [3.05, 3.63) is 69.9 Å². The van der Waals surface area contributed by atoms with E-state index in [1.165, 1.54) is 18.2 Å². The summed E-state index contributed by atoms with van der Waals surface area (Å²) in [6, 6.07) is 5.91. The summed E-state index contributed by atoms with van der Waals surface area (Å²) in [6.45, 7) is 8.92. The third-order valence-electron chi connectivity index (χ3n) is 5.20. The summed E-state index contributed by atoms with van der Waals surface area (Å²) >= 11 is 0. The first-order valence-corrected chi connectivity index (χ1v) is 10.9. The summed E-state index contributed by atoms with van der Waals surface area (Å²) in [4.78, 5) is 46.2. The van der Waals surface area contributed by atoms with Gasteiger partial charge in [0.1, 0.15) is 11.5 Å². The topological polar surface area (TPSA) is 126 Å². The molecular weight excluding hydrogens is 440 g/mol. The molecule has 0 saturated carbocycles. The fraction of sp³-hybridized carbons (Fsp3) is 0.417. The minimum Gasteiger partial charge on any atom is -0.463 e. The van der Waals surface area contributed by atoms with Gasteiger partial charge in [0, 0.05) is 36.2 Å². The highest BCUT2D eigenvalue weighted by Crippen LogP contribution is 2.42. The van der Waals surface area contributed by atoms with Crippen LogP contribution in [0.4, 0.5) is 5.69 Å². The average Bonchev–Trinajstić information content (AvgIpc) is 3.25. The molecule has 10 heteroatoms. The van der Waals surface area contributed by atoms with Crippen molar-refractivity contribution >= 4 is 23.3 Å². The lowest BCUT2D eigenvalue weighted by atomic mass is 9.75. The van der Waals surface area contributed by atoms with E-state index in [1.54, 1.807) is 64.0 Å². The second kappa shape index (κ2) is 9.98. The minimum absolute atomic E-state index is 0.113. The molecule has 0 amide bonds. The number of nitro groups is 1. The summed E-state index contributed by atoms with van der Waals surface area (Å²) in [6.07, 6.45) is 4.91. The van der Waals surface area contributed by atoms with Crippen molar-refractivity contribution in [2.45, 2.75) is 52.7 Å². The number of allylic oxidation sites excluding steroid dienone is 1. The zero-order valence-electron chi connectivity index (χ0n) is 19.8. The van der Waals surface area contributed by atoms with E-state index in [-0.39, 0.29) is 24.4 Å². The number of ether oxygens (including phenoxy) is 2. The maximum absolute atomic E-state index is 13.3. The Balaban J connectivity index is 2.24. The molecule has 0 radical (unpaired) electrons. The molecule has 10 nitrogen and oxygen atoms in total. The third kappa shape index (κ3) is 5.56. The van der Waals surface area contributed by atoms with Gasteiger partial charge in [0.05, 0.1) is 35.7 Å². The van der Waals surface area contributed by atoms with Gasteiger partial charge in [-0.2, -0.15) is 0 Å². The molecule has 0 fully saturated rings. The molecule has 2 heterocycles. The Morgan fingerprint density at radius 2 is 2.00 bits per heavy atom. The fourth-order valence-electron chi connectivity index (χ4n) is 3.92. The van der Waals surface area contributed by atoms with E-state index < -0.39 is 34.3 Å². The molecule has 1 aliphatic rings. The van der Waals surface area contributed by atoms with Gasteiger partial charge in [-0.1, -0.05) is 12.1 Å². The Kier molecular flexibility index (Phi) is 7.29. The Bertz CT molecular complexity index is 1140. The second-order valence-corrected chi connectivity index (χ2v) is 8.91. The number of non-ortho nitro benzene ring substituents is 1. The smallest absolute Gasteiger partial charge is 0.336 e. The lowest BCUT2D eigenvalue weighted by molar-refractivity contribution is -0.384. The van der Waals surface area contributed by atoms with Crippen molar-refractivity contribution in [2.75, 3.05) is 6.61 Å². The molecule has 0 N–H and O–H groups in total. The number of rotatable bonds is 7. The maximum atomic E-state index is 13.3. The van der Waals surface area contributed by atoms with Crippen LogP contribution in [0.15, 0.2) is 59.2 Å². The number of benzene rings is 1. The molecule has 34 heavy (non-hydrogen) atoms. The van der Waals surface area contributed by atoms with Crippen LogP contribution in [0.1, 0.15) is 46.1 Å². The zero-order valence-corrected chi connectivity index (χ0v) is 19.8. The Labute approximate surface area is 197 Å². The van der Waals surface area contributed by atoms with Crippen LogP contribution < -0.4 is 0 Å². The molecular formula is C24H28N4O6. The highest BCUT2D eigenvalue weighted by molar-refractivity contribution is 6.07. The van der Waals surface area contributed by atoms with Gasteiger partial charge >= 0.3 is 11.9 Å². The molecule has 0 saturated heterocycles. The first-order chi connectivity index (χ1) is 16.0. The first kappa shape index (κ1) is 24.8. The molecule has 180 valence electrons. The fourth-order valence-corrected chi connectivity index (χ4v) is 3.92. The molecule has 3 rings (SSSR count). The van der Waals surface area contributed by atoms with Crippen LogP contribution >= 0.6 is 0 Å². The number of nitro benzene ring substituents is 1. The van der Waals surface area contributed by atoms with Crippen LogP contribution in [0, 0.1) is 16.0 Å². The van der Waals surface area contributed by atoms with Crippen LogP contribution in [-0.4, -0.2) is 44.3 Å². The van der Waals surface area contributed by atoms with E-state index in [1.807, 2.05) is 0 Å². The standard InChI is InChI=1S/C24H28N4O6/c1-6-33-22(29)21-18(13-27-11-10-25-14-27)26-15(2)19(23(30)34-24(3,4)5)20(21)16-8-7-9-17(12-16)28(31)32/h7-12,14,19-20H,6,13H2,1-5H3. The molecule has 0 bridgehead atoms. The van der Waals surface area contributed by atoms with Crippen molar-refractivity contribution in [2.24, 2.45) is 10.9 Å². The molecule has 1 aromatic carbocycles. The number of carbonyl (C=O) groups excluding carboxylic acids is 2. The van der Waals surface area contributed by atoms with Gasteiger partial charge in [0.15, 0.2) is 0 Å². The van der Waals surface area contributed by atoms with Gasteiger partial charge in [-0.05, 0) is 40.2 Å². The Morgan fingerprint density at radius 1 is 1.26 bits per heavy atom. The molecule has 1 aromatic heterocycles. The van der Waals surface area contributed by atoms with Gasteiger partial charge in [-0.3, -0.25) is 19.9 Å². The average molecular weight is 469 g/mol. The van der Waals surface area contributed by atoms with Gasteiger partial charge in [-0.25, -0.2) is 9.78 Å². The van der Waals surface area contributed by atoms with Gasteiger partial charge in [-0.15, -0.1) is 0 Å². The monoisotopic (exact) mass is 468 g/mol.